The van der Waals surface area contributed by atoms with Crippen LogP contribution in [0.4, 0.5) is 5.95 Å². The van der Waals surface area contributed by atoms with Gasteiger partial charge in [-0.3, -0.25) is 4.99 Å². The fourth-order valence-electron chi connectivity index (χ4n) is 3.27. The maximum atomic E-state index is 5.70. The van der Waals surface area contributed by atoms with Crippen molar-refractivity contribution in [1.29, 1.82) is 0 Å². The van der Waals surface area contributed by atoms with Crippen molar-refractivity contribution in [3.63, 3.8) is 0 Å². The number of rotatable bonds is 7. The Labute approximate surface area is 155 Å². The Balaban J connectivity index is 1.30. The summed E-state index contributed by atoms with van der Waals surface area (Å²) in [6.45, 7) is 6.84. The topological polar surface area (TPSA) is 75.1 Å². The fraction of sp³-hybridized carbons (Fsp3) is 0.722. The second-order valence-corrected chi connectivity index (χ2v) is 6.56. The standard InChI is InChI=1S/C18H30N6O2/c1-19-17(20-8-4-13-25-15-16-5-2-14-26-16)23-9-11-24(12-10-23)18-21-6-3-7-22-18/h3,6-7,16H,2,4-5,8-15H2,1H3,(H,19,20). The molecule has 1 unspecified atom stereocenters. The summed E-state index contributed by atoms with van der Waals surface area (Å²) in [5.41, 5.74) is 0. The highest BCUT2D eigenvalue weighted by Crippen LogP contribution is 2.12. The van der Waals surface area contributed by atoms with Crippen LogP contribution in [-0.2, 0) is 9.47 Å². The van der Waals surface area contributed by atoms with Gasteiger partial charge in [0.1, 0.15) is 0 Å². The normalized spacial score (nSPS) is 21.3. The molecule has 0 radical (unpaired) electrons. The van der Waals surface area contributed by atoms with Gasteiger partial charge in [0, 0.05) is 65.4 Å². The van der Waals surface area contributed by atoms with Gasteiger partial charge in [-0.2, -0.15) is 0 Å². The number of ether oxygens (including phenoxy) is 2. The SMILES string of the molecule is CN=C(NCCCOCC1CCCO1)N1CCN(c2ncccn2)CC1. The third-order valence-corrected chi connectivity index (χ3v) is 4.70. The summed E-state index contributed by atoms with van der Waals surface area (Å²) in [6, 6.07) is 1.84. The molecule has 144 valence electrons. The molecule has 2 aliphatic rings. The van der Waals surface area contributed by atoms with Crippen LogP contribution < -0.4 is 10.2 Å². The van der Waals surface area contributed by atoms with E-state index in [0.29, 0.717) is 6.10 Å². The predicted octanol–water partition coefficient (Wildman–Crippen LogP) is 0.760. The molecule has 8 nitrogen and oxygen atoms in total. The van der Waals surface area contributed by atoms with Gasteiger partial charge in [0.25, 0.3) is 0 Å². The Bertz CT molecular complexity index is 542. The number of nitrogens with one attached hydrogen (secondary N) is 1. The molecular formula is C18H30N6O2. The molecule has 1 atom stereocenters. The lowest BCUT2D eigenvalue weighted by Crippen LogP contribution is -2.53. The van der Waals surface area contributed by atoms with Crippen LogP contribution in [0.1, 0.15) is 19.3 Å². The van der Waals surface area contributed by atoms with E-state index in [0.717, 1.165) is 83.7 Å². The van der Waals surface area contributed by atoms with Crippen molar-refractivity contribution in [2.45, 2.75) is 25.4 Å². The summed E-state index contributed by atoms with van der Waals surface area (Å²) in [5, 5.41) is 3.44. The van der Waals surface area contributed by atoms with Gasteiger partial charge >= 0.3 is 0 Å². The van der Waals surface area contributed by atoms with E-state index >= 15 is 0 Å². The zero-order valence-electron chi connectivity index (χ0n) is 15.6. The smallest absolute Gasteiger partial charge is 0.225 e. The highest BCUT2D eigenvalue weighted by molar-refractivity contribution is 5.80. The van der Waals surface area contributed by atoms with Crippen LogP contribution in [-0.4, -0.2) is 86.5 Å². The molecule has 0 bridgehead atoms. The van der Waals surface area contributed by atoms with Gasteiger partial charge in [-0.15, -0.1) is 0 Å². The van der Waals surface area contributed by atoms with E-state index in [4.69, 9.17) is 9.47 Å². The van der Waals surface area contributed by atoms with Gasteiger partial charge in [0.2, 0.25) is 5.95 Å². The minimum atomic E-state index is 0.306. The first kappa shape index (κ1) is 18.8. The molecule has 1 N–H and O–H groups in total. The number of nitrogens with zero attached hydrogens (tertiary/aromatic N) is 5. The Morgan fingerprint density at radius 1 is 1.31 bits per heavy atom. The first-order valence-corrected chi connectivity index (χ1v) is 9.54. The van der Waals surface area contributed by atoms with E-state index in [9.17, 15) is 0 Å². The second kappa shape index (κ2) is 10.3. The molecule has 8 heteroatoms. The molecule has 0 saturated carbocycles. The molecule has 0 aromatic carbocycles. The summed E-state index contributed by atoms with van der Waals surface area (Å²) in [4.78, 5) is 17.6. The molecule has 0 spiro atoms. The zero-order valence-corrected chi connectivity index (χ0v) is 15.6. The molecular weight excluding hydrogens is 332 g/mol. The Hall–Kier alpha value is -1.93. The van der Waals surface area contributed by atoms with Gasteiger partial charge in [-0.25, -0.2) is 9.97 Å². The Kier molecular flexibility index (Phi) is 7.45. The summed E-state index contributed by atoms with van der Waals surface area (Å²) < 4.78 is 11.3. The van der Waals surface area contributed by atoms with Crippen molar-refractivity contribution in [3.05, 3.63) is 18.5 Å². The Morgan fingerprint density at radius 3 is 2.81 bits per heavy atom. The summed E-state index contributed by atoms with van der Waals surface area (Å²) >= 11 is 0. The maximum Gasteiger partial charge on any atom is 0.225 e. The molecule has 2 saturated heterocycles. The molecule has 0 aliphatic carbocycles. The average Bonchev–Trinajstić information content (AvgIpc) is 3.22. The van der Waals surface area contributed by atoms with Gasteiger partial charge in [0.15, 0.2) is 5.96 Å². The van der Waals surface area contributed by atoms with Gasteiger partial charge in [-0.1, -0.05) is 0 Å². The number of anilines is 1. The number of piperazine rings is 1. The lowest BCUT2D eigenvalue weighted by molar-refractivity contribution is 0.0168. The molecule has 2 aliphatic heterocycles. The molecule has 3 heterocycles. The summed E-state index contributed by atoms with van der Waals surface area (Å²) in [5.74, 6) is 1.76. The maximum absolute atomic E-state index is 5.70. The van der Waals surface area contributed by atoms with E-state index in [-0.39, 0.29) is 0 Å². The average molecular weight is 362 g/mol. The zero-order chi connectivity index (χ0) is 18.0. The third-order valence-electron chi connectivity index (χ3n) is 4.70. The number of hydrogen-bond acceptors (Lipinski definition) is 6. The minimum absolute atomic E-state index is 0.306. The molecule has 2 fully saturated rings. The van der Waals surface area contributed by atoms with Gasteiger partial charge < -0.3 is 24.6 Å². The molecule has 3 rings (SSSR count). The van der Waals surface area contributed by atoms with Crippen molar-refractivity contribution < 1.29 is 9.47 Å². The fourth-order valence-corrected chi connectivity index (χ4v) is 3.27. The lowest BCUT2D eigenvalue weighted by Gasteiger charge is -2.36. The largest absolute Gasteiger partial charge is 0.379 e. The minimum Gasteiger partial charge on any atom is -0.379 e. The highest BCUT2D eigenvalue weighted by atomic mass is 16.5. The molecule has 1 aromatic rings. The highest BCUT2D eigenvalue weighted by Gasteiger charge is 2.21. The number of aromatic nitrogens is 2. The van der Waals surface area contributed by atoms with Crippen LogP contribution in [0.3, 0.4) is 0 Å². The van der Waals surface area contributed by atoms with Crippen molar-refractivity contribution >= 4 is 11.9 Å². The van der Waals surface area contributed by atoms with Crippen molar-refractivity contribution in [2.24, 2.45) is 4.99 Å². The predicted molar refractivity (Wildman–Crippen MR) is 102 cm³/mol. The quantitative estimate of drug-likeness (QED) is 0.436. The van der Waals surface area contributed by atoms with Crippen molar-refractivity contribution in [3.8, 4) is 0 Å². The number of hydrogen-bond donors (Lipinski definition) is 1. The summed E-state index contributed by atoms with van der Waals surface area (Å²) in [7, 11) is 1.84. The summed E-state index contributed by atoms with van der Waals surface area (Å²) in [6.07, 6.45) is 7.14. The van der Waals surface area contributed by atoms with Crippen LogP contribution in [0, 0.1) is 0 Å². The van der Waals surface area contributed by atoms with E-state index in [1.807, 2.05) is 13.1 Å². The number of guanidine groups is 1. The van der Waals surface area contributed by atoms with Gasteiger partial charge in [0.05, 0.1) is 12.7 Å². The van der Waals surface area contributed by atoms with E-state index in [2.05, 4.69) is 30.1 Å². The second-order valence-electron chi connectivity index (χ2n) is 6.56. The number of aliphatic imine (C=N–C) groups is 1. The monoisotopic (exact) mass is 362 g/mol. The van der Waals surface area contributed by atoms with Crippen molar-refractivity contribution in [2.75, 3.05) is 64.5 Å². The van der Waals surface area contributed by atoms with Crippen LogP contribution >= 0.6 is 0 Å². The van der Waals surface area contributed by atoms with Crippen LogP contribution in [0.15, 0.2) is 23.5 Å². The first-order valence-electron chi connectivity index (χ1n) is 9.54. The van der Waals surface area contributed by atoms with Crippen LogP contribution in [0.5, 0.6) is 0 Å². The lowest BCUT2D eigenvalue weighted by atomic mass is 10.2. The first-order chi connectivity index (χ1) is 12.9. The van der Waals surface area contributed by atoms with Crippen LogP contribution in [0.2, 0.25) is 0 Å². The van der Waals surface area contributed by atoms with Gasteiger partial charge in [-0.05, 0) is 25.3 Å². The van der Waals surface area contributed by atoms with E-state index in [1.54, 1.807) is 12.4 Å². The van der Waals surface area contributed by atoms with Crippen LogP contribution in [0.25, 0.3) is 0 Å². The van der Waals surface area contributed by atoms with Crippen molar-refractivity contribution in [1.82, 2.24) is 20.2 Å². The molecule has 26 heavy (non-hydrogen) atoms. The Morgan fingerprint density at radius 2 is 2.12 bits per heavy atom. The third kappa shape index (κ3) is 5.54. The molecule has 0 amide bonds. The van der Waals surface area contributed by atoms with E-state index < -0.39 is 0 Å². The van der Waals surface area contributed by atoms with E-state index in [1.165, 1.54) is 0 Å². The molecule has 1 aromatic heterocycles.